The molecule has 1 saturated heterocycles. The normalized spacial score (nSPS) is 28.3. The Morgan fingerprint density at radius 1 is 0.686 bits per heavy atom. The molecule has 3 aromatic carbocycles. The van der Waals surface area contributed by atoms with Gasteiger partial charge in [0.1, 0.15) is 29.6 Å². The molecule has 268 valence electrons. The number of ether oxygens (including phenoxy) is 1. The van der Waals surface area contributed by atoms with E-state index in [9.17, 15) is 9.90 Å². The minimum atomic E-state index is -0.870. The molecule has 0 amide bonds. The van der Waals surface area contributed by atoms with Gasteiger partial charge in [-0.15, -0.1) is 0 Å². The molecule has 6 unspecified atom stereocenters. The topological polar surface area (TPSA) is 111 Å². The van der Waals surface area contributed by atoms with Crippen LogP contribution in [0.25, 0.3) is 0 Å². The Kier molecular flexibility index (Phi) is 9.87. The number of nitrogens with zero attached hydrogens (tertiary/aromatic N) is 3. The van der Waals surface area contributed by atoms with Crippen LogP contribution >= 0.6 is 0 Å². The van der Waals surface area contributed by atoms with Crippen molar-refractivity contribution in [1.82, 2.24) is 0 Å². The van der Waals surface area contributed by atoms with Gasteiger partial charge < -0.3 is 24.4 Å². The van der Waals surface area contributed by atoms with Crippen LogP contribution in [-0.4, -0.2) is 58.7 Å². The van der Waals surface area contributed by atoms with Crippen LogP contribution in [0.2, 0.25) is 0 Å². The number of aryl methyl sites for hydroxylation is 6. The van der Waals surface area contributed by atoms with Crippen molar-refractivity contribution in [3.8, 4) is 0 Å². The summed E-state index contributed by atoms with van der Waals surface area (Å²) in [5.74, 6) is 0.684. The lowest BCUT2D eigenvalue weighted by atomic mass is 9.91. The molecule has 4 aliphatic heterocycles. The second-order valence-electron chi connectivity index (χ2n) is 15.0. The molecule has 1 spiro atoms. The molecule has 6 atom stereocenters. The van der Waals surface area contributed by atoms with E-state index < -0.39 is 11.9 Å². The summed E-state index contributed by atoms with van der Waals surface area (Å²) in [6, 6.07) is 19.0. The fourth-order valence-corrected chi connectivity index (χ4v) is 7.75. The molecule has 2 aliphatic carbocycles. The number of rotatable bonds is 3. The Balaban J connectivity index is 0.000000120. The first-order chi connectivity index (χ1) is 24.5. The maximum Gasteiger partial charge on any atom is 0.198 e. The maximum atomic E-state index is 11.8. The molecule has 1 N–H and O–H groups in total. The second kappa shape index (κ2) is 14.4. The predicted molar refractivity (Wildman–Crippen MR) is 197 cm³/mol. The number of fused-ring (bicyclic) bond motifs is 2. The minimum absolute atomic E-state index is 0.0147. The zero-order valence-electron chi connectivity index (χ0n) is 30.6. The van der Waals surface area contributed by atoms with Crippen molar-refractivity contribution in [1.29, 1.82) is 0 Å². The molecular formula is C42H49N3O6. The highest BCUT2D eigenvalue weighted by molar-refractivity contribution is 6.15. The summed E-state index contributed by atoms with van der Waals surface area (Å²) in [5.41, 5.74) is 13.2. The van der Waals surface area contributed by atoms with Crippen molar-refractivity contribution >= 4 is 22.9 Å². The summed E-state index contributed by atoms with van der Waals surface area (Å²) in [6.45, 7) is 13.1. The number of carbonyl (C=O) groups is 1. The number of hydrogen-bond donors (Lipinski definition) is 1. The summed E-state index contributed by atoms with van der Waals surface area (Å²) in [7, 11) is 0. The Hall–Kier alpha value is -4.34. The SMILES string of the molecule is Cc1ccc(C2=NOC3(CCOC3O)C2)cc1C.Cc1ccc(C2=NOC3CCC(=O)C23)cc1C.Cc1ccc(C2=NOC3CCCC23)cc1C. The third kappa shape index (κ3) is 6.98. The van der Waals surface area contributed by atoms with E-state index in [0.717, 1.165) is 29.0 Å². The van der Waals surface area contributed by atoms with Crippen molar-refractivity contribution in [3.63, 3.8) is 0 Å². The number of carbonyl (C=O) groups excluding carboxylic acids is 1. The number of Topliss-reactive ketones (excluding diaryl/α,β-unsaturated/α-hetero) is 1. The second-order valence-corrected chi connectivity index (χ2v) is 15.0. The first kappa shape index (κ1) is 35.1. The van der Waals surface area contributed by atoms with Gasteiger partial charge in [0.2, 0.25) is 0 Å². The molecule has 51 heavy (non-hydrogen) atoms. The van der Waals surface area contributed by atoms with Gasteiger partial charge >= 0.3 is 0 Å². The molecule has 9 nitrogen and oxygen atoms in total. The van der Waals surface area contributed by atoms with Gasteiger partial charge in [0.15, 0.2) is 11.9 Å². The van der Waals surface area contributed by atoms with Crippen molar-refractivity contribution in [2.75, 3.05) is 6.61 Å². The molecule has 3 aromatic rings. The van der Waals surface area contributed by atoms with Crippen LogP contribution in [0.5, 0.6) is 0 Å². The molecule has 2 saturated carbocycles. The van der Waals surface area contributed by atoms with Crippen LogP contribution in [-0.2, 0) is 24.0 Å². The Labute approximate surface area is 300 Å². The van der Waals surface area contributed by atoms with Gasteiger partial charge in [0.25, 0.3) is 0 Å². The van der Waals surface area contributed by atoms with Crippen LogP contribution in [0.3, 0.4) is 0 Å². The summed E-state index contributed by atoms with van der Waals surface area (Å²) >= 11 is 0. The zero-order valence-corrected chi connectivity index (χ0v) is 30.6. The first-order valence-corrected chi connectivity index (χ1v) is 18.3. The van der Waals surface area contributed by atoms with E-state index in [1.54, 1.807) is 0 Å². The molecular weight excluding hydrogens is 642 g/mol. The van der Waals surface area contributed by atoms with Crippen LogP contribution in [0.4, 0.5) is 0 Å². The summed E-state index contributed by atoms with van der Waals surface area (Å²) in [6.07, 6.45) is 5.88. The zero-order chi connectivity index (χ0) is 35.9. The Morgan fingerprint density at radius 2 is 1.27 bits per heavy atom. The van der Waals surface area contributed by atoms with E-state index in [1.807, 2.05) is 12.1 Å². The molecule has 6 aliphatic rings. The monoisotopic (exact) mass is 691 g/mol. The molecule has 0 aromatic heterocycles. The highest BCUT2D eigenvalue weighted by Gasteiger charge is 2.50. The smallest absolute Gasteiger partial charge is 0.198 e. The van der Waals surface area contributed by atoms with Crippen LogP contribution in [0.15, 0.2) is 70.1 Å². The van der Waals surface area contributed by atoms with Crippen LogP contribution in [0, 0.1) is 53.4 Å². The van der Waals surface area contributed by atoms with Gasteiger partial charge in [-0.2, -0.15) is 0 Å². The van der Waals surface area contributed by atoms with E-state index in [1.165, 1.54) is 63.9 Å². The molecule has 9 heteroatoms. The largest absolute Gasteiger partial charge is 0.392 e. The van der Waals surface area contributed by atoms with Gasteiger partial charge in [-0.3, -0.25) is 4.79 Å². The lowest BCUT2D eigenvalue weighted by Gasteiger charge is -2.22. The molecule has 0 radical (unpaired) electrons. The van der Waals surface area contributed by atoms with Crippen LogP contribution in [0.1, 0.15) is 95.0 Å². The van der Waals surface area contributed by atoms with E-state index >= 15 is 0 Å². The summed E-state index contributed by atoms with van der Waals surface area (Å²) in [4.78, 5) is 28.1. The number of oxime groups is 3. The quantitative estimate of drug-likeness (QED) is 0.305. The third-order valence-corrected chi connectivity index (χ3v) is 11.6. The minimum Gasteiger partial charge on any atom is -0.392 e. The maximum absolute atomic E-state index is 11.8. The number of hydrogen-bond acceptors (Lipinski definition) is 9. The number of ketones is 1. The highest BCUT2D eigenvalue weighted by atomic mass is 16.7. The molecule has 3 fully saturated rings. The lowest BCUT2D eigenvalue weighted by molar-refractivity contribution is -0.171. The van der Waals surface area contributed by atoms with E-state index in [0.29, 0.717) is 37.9 Å². The first-order valence-electron chi connectivity index (χ1n) is 18.3. The Morgan fingerprint density at radius 3 is 1.90 bits per heavy atom. The van der Waals surface area contributed by atoms with Gasteiger partial charge in [-0.1, -0.05) is 51.9 Å². The van der Waals surface area contributed by atoms with Crippen molar-refractivity contribution < 1.29 is 29.2 Å². The highest BCUT2D eigenvalue weighted by Crippen LogP contribution is 2.39. The molecule has 0 bridgehead atoms. The fraction of sp³-hybridized carbons (Fsp3) is 0.476. The van der Waals surface area contributed by atoms with Gasteiger partial charge in [0, 0.05) is 36.3 Å². The third-order valence-electron chi connectivity index (χ3n) is 11.6. The van der Waals surface area contributed by atoms with E-state index in [4.69, 9.17) is 19.2 Å². The van der Waals surface area contributed by atoms with Crippen LogP contribution < -0.4 is 0 Å². The van der Waals surface area contributed by atoms with Crippen molar-refractivity contribution in [3.05, 3.63) is 105 Å². The Bertz CT molecular complexity index is 1920. The lowest BCUT2D eigenvalue weighted by Crippen LogP contribution is -2.38. The van der Waals surface area contributed by atoms with Gasteiger partial charge in [0.05, 0.1) is 18.0 Å². The number of aliphatic hydroxyl groups is 1. The number of aliphatic hydroxyl groups excluding tert-OH is 1. The van der Waals surface area contributed by atoms with Gasteiger partial charge in [-0.05, 0) is 124 Å². The van der Waals surface area contributed by atoms with Crippen molar-refractivity contribution in [2.24, 2.45) is 27.3 Å². The van der Waals surface area contributed by atoms with E-state index in [2.05, 4.69) is 99.5 Å². The van der Waals surface area contributed by atoms with Gasteiger partial charge in [-0.25, -0.2) is 0 Å². The average Bonchev–Trinajstić information content (AvgIpc) is 3.97. The fourth-order valence-electron chi connectivity index (χ4n) is 7.75. The standard InChI is InChI=1S/C14H17NO3.C14H15NO2.C14H17NO/c1-9-3-4-11(7-10(9)2)12-8-14(18-15-12)5-6-17-13(14)16;1-8-3-4-10(7-9(8)2)14-13-11(16)5-6-12(13)17-15-14;1-9-6-7-11(8-10(9)2)14-12-4-3-5-13(12)16-15-14/h3-4,7,13,16H,5-6,8H2,1-2H3;3-4,7,12-13H,5-6H2,1-2H3;6-8,12-13H,3-5H2,1-2H3. The molecule has 4 heterocycles. The predicted octanol–water partition coefficient (Wildman–Crippen LogP) is 7.50. The summed E-state index contributed by atoms with van der Waals surface area (Å²) in [5, 5.41) is 22.3. The molecule has 9 rings (SSSR count). The van der Waals surface area contributed by atoms with Crippen molar-refractivity contribution in [2.45, 2.75) is 111 Å². The summed E-state index contributed by atoms with van der Waals surface area (Å²) < 4.78 is 5.17. The average molecular weight is 692 g/mol. The number of benzene rings is 3. The van der Waals surface area contributed by atoms with E-state index in [-0.39, 0.29) is 17.8 Å².